The number of hydrogen-bond donors (Lipinski definition) is 0. The third-order valence-electron chi connectivity index (χ3n) is 3.73. The van der Waals surface area contributed by atoms with Crippen molar-refractivity contribution in [2.45, 2.75) is 6.92 Å². The number of hydrogen-bond acceptors (Lipinski definition) is 1. The van der Waals surface area contributed by atoms with Gasteiger partial charge in [0.2, 0.25) is 0 Å². The number of aryl methyl sites for hydroxylation is 1. The average molecular weight is 258 g/mol. The molecule has 0 aliphatic carbocycles. The van der Waals surface area contributed by atoms with Crippen LogP contribution in [0, 0.1) is 6.92 Å². The normalized spacial score (nSPS) is 11.2. The first-order valence-electron chi connectivity index (χ1n) is 6.75. The summed E-state index contributed by atoms with van der Waals surface area (Å²) in [6.45, 7) is 2.13. The Labute approximate surface area is 117 Å². The lowest BCUT2D eigenvalue weighted by molar-refractivity contribution is 1.14. The molecule has 0 unspecified atom stereocenters. The number of para-hydroxylation sites is 1. The lowest BCUT2D eigenvalue weighted by atomic mass is 10.1. The van der Waals surface area contributed by atoms with Gasteiger partial charge in [-0.15, -0.1) is 0 Å². The van der Waals surface area contributed by atoms with Crippen LogP contribution in [0.1, 0.15) is 5.56 Å². The molecule has 0 aliphatic rings. The van der Waals surface area contributed by atoms with Crippen LogP contribution in [0.25, 0.3) is 27.5 Å². The number of rotatable bonds is 1. The molecular weight excluding hydrogens is 244 g/mol. The van der Waals surface area contributed by atoms with Crippen LogP contribution < -0.4 is 0 Å². The topological polar surface area (TPSA) is 17.8 Å². The predicted molar refractivity (Wildman–Crippen MR) is 83.3 cm³/mol. The molecule has 4 aromatic rings. The zero-order valence-corrected chi connectivity index (χ0v) is 11.2. The fourth-order valence-corrected chi connectivity index (χ4v) is 2.85. The Morgan fingerprint density at radius 3 is 2.55 bits per heavy atom. The van der Waals surface area contributed by atoms with E-state index in [0.717, 1.165) is 5.69 Å². The van der Waals surface area contributed by atoms with E-state index in [9.17, 15) is 0 Å². The first kappa shape index (κ1) is 11.2. The van der Waals surface area contributed by atoms with Crippen molar-refractivity contribution in [2.75, 3.05) is 0 Å². The summed E-state index contributed by atoms with van der Waals surface area (Å²) in [6.07, 6.45) is 3.72. The van der Waals surface area contributed by atoms with Gasteiger partial charge in [0, 0.05) is 17.0 Å². The summed E-state index contributed by atoms with van der Waals surface area (Å²) in [7, 11) is 0. The van der Waals surface area contributed by atoms with Crippen molar-refractivity contribution < 1.29 is 0 Å². The highest BCUT2D eigenvalue weighted by atomic mass is 15.0. The molecule has 0 fully saturated rings. The Morgan fingerprint density at radius 1 is 0.850 bits per heavy atom. The van der Waals surface area contributed by atoms with Crippen LogP contribution in [0.15, 0.2) is 67.0 Å². The highest BCUT2D eigenvalue weighted by molar-refractivity contribution is 6.09. The largest absolute Gasteiger partial charge is 0.308 e. The van der Waals surface area contributed by atoms with Gasteiger partial charge in [0.25, 0.3) is 0 Å². The monoisotopic (exact) mass is 258 g/mol. The second-order valence-electron chi connectivity index (χ2n) is 5.08. The average Bonchev–Trinajstić information content (AvgIpc) is 2.82. The van der Waals surface area contributed by atoms with E-state index in [0.29, 0.717) is 0 Å². The lowest BCUT2D eigenvalue weighted by Gasteiger charge is -2.06. The smallest absolute Gasteiger partial charge is 0.0645 e. The van der Waals surface area contributed by atoms with Gasteiger partial charge in [0.15, 0.2) is 0 Å². The Kier molecular flexibility index (Phi) is 2.36. The van der Waals surface area contributed by atoms with Crippen LogP contribution in [-0.4, -0.2) is 9.55 Å². The molecule has 0 spiro atoms. The van der Waals surface area contributed by atoms with E-state index in [2.05, 4.69) is 65.0 Å². The molecule has 0 N–H and O–H groups in total. The van der Waals surface area contributed by atoms with E-state index in [1.54, 1.807) is 0 Å². The number of nitrogens with zero attached hydrogens (tertiary/aromatic N) is 2. The van der Waals surface area contributed by atoms with Crippen LogP contribution in [0.3, 0.4) is 0 Å². The summed E-state index contributed by atoms with van der Waals surface area (Å²) in [5.74, 6) is 0. The number of pyridine rings is 1. The Morgan fingerprint density at radius 2 is 1.70 bits per heavy atom. The molecule has 96 valence electrons. The lowest BCUT2D eigenvalue weighted by Crippen LogP contribution is -1.93. The molecule has 0 atom stereocenters. The maximum absolute atomic E-state index is 4.25. The molecule has 0 radical (unpaired) electrons. The van der Waals surface area contributed by atoms with Crippen LogP contribution in [0.4, 0.5) is 0 Å². The van der Waals surface area contributed by atoms with E-state index in [1.807, 2.05) is 18.5 Å². The Hall–Kier alpha value is -2.61. The number of aromatic nitrogens is 2. The number of fused-ring (bicyclic) bond motifs is 3. The Bertz CT molecular complexity index is 905. The van der Waals surface area contributed by atoms with Gasteiger partial charge in [0.05, 0.1) is 22.9 Å². The van der Waals surface area contributed by atoms with Gasteiger partial charge in [-0.05, 0) is 37.3 Å². The van der Waals surface area contributed by atoms with Crippen molar-refractivity contribution in [3.8, 4) is 5.69 Å². The van der Waals surface area contributed by atoms with E-state index < -0.39 is 0 Å². The molecule has 2 aromatic carbocycles. The molecule has 0 aliphatic heterocycles. The minimum absolute atomic E-state index is 1.10. The third kappa shape index (κ3) is 1.55. The van der Waals surface area contributed by atoms with Crippen LogP contribution in [0.5, 0.6) is 0 Å². The molecule has 2 heteroatoms. The molecule has 4 rings (SSSR count). The summed E-state index contributed by atoms with van der Waals surface area (Å²) in [6, 6.07) is 19.2. The second kappa shape index (κ2) is 4.20. The van der Waals surface area contributed by atoms with Gasteiger partial charge in [-0.3, -0.25) is 4.98 Å². The van der Waals surface area contributed by atoms with Gasteiger partial charge in [-0.25, -0.2) is 0 Å². The first-order valence-corrected chi connectivity index (χ1v) is 6.75. The fraction of sp³-hybridized carbons (Fsp3) is 0.0556. The molecule has 2 aromatic heterocycles. The molecule has 20 heavy (non-hydrogen) atoms. The molecule has 2 nitrogen and oxygen atoms in total. The predicted octanol–water partition coefficient (Wildman–Crippen LogP) is 4.49. The first-order chi connectivity index (χ1) is 9.84. The Balaban J connectivity index is 2.22. The maximum Gasteiger partial charge on any atom is 0.0645 e. The van der Waals surface area contributed by atoms with Crippen molar-refractivity contribution in [3.05, 3.63) is 72.6 Å². The number of benzene rings is 2. The van der Waals surface area contributed by atoms with E-state index >= 15 is 0 Å². The van der Waals surface area contributed by atoms with Crippen LogP contribution in [0.2, 0.25) is 0 Å². The minimum atomic E-state index is 1.10. The summed E-state index contributed by atoms with van der Waals surface area (Å²) in [4.78, 5) is 4.25. The van der Waals surface area contributed by atoms with Gasteiger partial charge >= 0.3 is 0 Å². The molecule has 0 saturated carbocycles. The van der Waals surface area contributed by atoms with Crippen molar-refractivity contribution in [1.82, 2.24) is 9.55 Å². The molecule has 2 heterocycles. The zero-order chi connectivity index (χ0) is 13.5. The van der Waals surface area contributed by atoms with Gasteiger partial charge in [-0.2, -0.15) is 0 Å². The summed E-state index contributed by atoms with van der Waals surface area (Å²) >= 11 is 0. The van der Waals surface area contributed by atoms with Crippen molar-refractivity contribution in [2.24, 2.45) is 0 Å². The van der Waals surface area contributed by atoms with Crippen molar-refractivity contribution in [3.63, 3.8) is 0 Å². The van der Waals surface area contributed by atoms with E-state index in [4.69, 9.17) is 0 Å². The van der Waals surface area contributed by atoms with E-state index in [-0.39, 0.29) is 0 Å². The third-order valence-corrected chi connectivity index (χ3v) is 3.73. The van der Waals surface area contributed by atoms with Gasteiger partial charge < -0.3 is 4.57 Å². The summed E-state index contributed by atoms with van der Waals surface area (Å²) in [5.41, 5.74) is 4.83. The van der Waals surface area contributed by atoms with Crippen molar-refractivity contribution >= 4 is 21.8 Å². The van der Waals surface area contributed by atoms with Gasteiger partial charge in [-0.1, -0.05) is 29.8 Å². The SMILES string of the molecule is Cc1ccc2c(c1)c1ccccc1n2-c1cccnc1. The minimum Gasteiger partial charge on any atom is -0.308 e. The molecule has 0 amide bonds. The summed E-state index contributed by atoms with van der Waals surface area (Å²) in [5, 5.41) is 2.58. The van der Waals surface area contributed by atoms with Crippen LogP contribution in [-0.2, 0) is 0 Å². The molecule has 0 bridgehead atoms. The van der Waals surface area contributed by atoms with Crippen molar-refractivity contribution in [1.29, 1.82) is 0 Å². The maximum atomic E-state index is 4.25. The zero-order valence-electron chi connectivity index (χ0n) is 11.2. The quantitative estimate of drug-likeness (QED) is 0.492. The highest BCUT2D eigenvalue weighted by Gasteiger charge is 2.11. The molecular formula is C18H14N2. The van der Waals surface area contributed by atoms with Gasteiger partial charge in [0.1, 0.15) is 0 Å². The highest BCUT2D eigenvalue weighted by Crippen LogP contribution is 2.31. The van der Waals surface area contributed by atoms with E-state index in [1.165, 1.54) is 27.4 Å². The molecule has 0 saturated heterocycles. The fourth-order valence-electron chi connectivity index (χ4n) is 2.85. The van der Waals surface area contributed by atoms with Crippen LogP contribution >= 0.6 is 0 Å². The second-order valence-corrected chi connectivity index (χ2v) is 5.08. The standard InChI is InChI=1S/C18H14N2/c1-13-8-9-18-16(11-13)15-6-2-3-7-17(15)20(18)14-5-4-10-19-12-14/h2-12H,1H3. The summed E-state index contributed by atoms with van der Waals surface area (Å²) < 4.78 is 2.27.